The van der Waals surface area contributed by atoms with E-state index in [1.807, 2.05) is 49.5 Å². The molecule has 0 radical (unpaired) electrons. The van der Waals surface area contributed by atoms with Crippen molar-refractivity contribution in [2.45, 2.75) is 33.4 Å². The Hall–Kier alpha value is -2.19. The van der Waals surface area contributed by atoms with Gasteiger partial charge in [-0.05, 0) is 53.3 Å². The lowest BCUT2D eigenvalue weighted by Crippen LogP contribution is -2.37. The molecule has 3 rings (SSSR count). The Balaban J connectivity index is 2.18. The van der Waals surface area contributed by atoms with Crippen molar-refractivity contribution in [3.05, 3.63) is 71.9 Å². The molecular formula is C22H25NSi. The second-order valence-electron chi connectivity index (χ2n) is 7.26. The normalized spacial score (nSPS) is 13.9. The lowest BCUT2D eigenvalue weighted by atomic mass is 9.93. The number of hydrogen-bond donors (Lipinski definition) is 0. The molecule has 0 unspecified atom stereocenters. The molecule has 0 aliphatic carbocycles. The molecule has 1 nitrogen and oxygen atoms in total. The number of rotatable bonds is 3. The molecule has 0 atom stereocenters. The van der Waals surface area contributed by atoms with Crippen molar-refractivity contribution >= 4 is 13.3 Å². The third-order valence-corrected chi connectivity index (χ3v) is 6.38. The van der Waals surface area contributed by atoms with Crippen molar-refractivity contribution in [2.24, 2.45) is 0 Å². The fraction of sp³-hybridized carbons (Fsp3) is 0.227. The Bertz CT molecular complexity index is 940. The van der Waals surface area contributed by atoms with Crippen LogP contribution in [0.25, 0.3) is 22.4 Å². The summed E-state index contributed by atoms with van der Waals surface area (Å²) in [4.78, 5) is 4.70. The van der Waals surface area contributed by atoms with E-state index in [0.29, 0.717) is 5.56 Å². The van der Waals surface area contributed by atoms with Crippen LogP contribution in [-0.2, 0) is 0 Å². The first kappa shape index (κ1) is 13.1. The number of aryl methyl sites for hydroxylation is 2. The summed E-state index contributed by atoms with van der Waals surface area (Å²) in [6, 6.07) is 17.7. The molecule has 1 aromatic heterocycles. The standard InChI is InChI=1S/C22H25NSi/c1-16-13-17(2)21(14-20(16)18-9-7-6-8-10-18)22-12-11-19(15-23-22)24(3,4)5/h6-15H,1-5H3/i1D3. The van der Waals surface area contributed by atoms with Crippen molar-refractivity contribution in [1.29, 1.82) is 0 Å². The van der Waals surface area contributed by atoms with Crippen LogP contribution in [0.5, 0.6) is 0 Å². The van der Waals surface area contributed by atoms with E-state index in [0.717, 1.165) is 27.9 Å². The fourth-order valence-electron chi connectivity index (χ4n) is 2.84. The Kier molecular flexibility index (Phi) is 3.49. The molecule has 2 heteroatoms. The summed E-state index contributed by atoms with van der Waals surface area (Å²) in [6.45, 7) is 6.69. The highest BCUT2D eigenvalue weighted by Gasteiger charge is 2.17. The van der Waals surface area contributed by atoms with Crippen LogP contribution < -0.4 is 5.19 Å². The highest BCUT2D eigenvalue weighted by atomic mass is 28.3. The van der Waals surface area contributed by atoms with Crippen LogP contribution >= 0.6 is 0 Å². The Labute approximate surface area is 150 Å². The molecule has 1 heterocycles. The fourth-order valence-corrected chi connectivity index (χ4v) is 3.87. The zero-order valence-corrected chi connectivity index (χ0v) is 15.7. The summed E-state index contributed by atoms with van der Waals surface area (Å²) in [7, 11) is -1.41. The lowest BCUT2D eigenvalue weighted by molar-refractivity contribution is 1.30. The van der Waals surface area contributed by atoms with E-state index in [1.165, 1.54) is 5.19 Å². The average molecular weight is 335 g/mol. The predicted molar refractivity (Wildman–Crippen MR) is 108 cm³/mol. The van der Waals surface area contributed by atoms with Gasteiger partial charge in [-0.3, -0.25) is 4.98 Å². The smallest absolute Gasteiger partial charge is 0.0796 e. The van der Waals surface area contributed by atoms with E-state index in [2.05, 4.69) is 31.8 Å². The van der Waals surface area contributed by atoms with Gasteiger partial charge in [0.25, 0.3) is 0 Å². The van der Waals surface area contributed by atoms with Crippen molar-refractivity contribution in [2.75, 3.05) is 0 Å². The van der Waals surface area contributed by atoms with Gasteiger partial charge in [-0.2, -0.15) is 0 Å². The minimum absolute atomic E-state index is 0.383. The zero-order chi connectivity index (χ0) is 19.8. The quantitative estimate of drug-likeness (QED) is 0.570. The van der Waals surface area contributed by atoms with E-state index < -0.39 is 14.9 Å². The molecule has 0 spiro atoms. The number of aromatic nitrogens is 1. The summed E-state index contributed by atoms with van der Waals surface area (Å²) in [5, 5.41) is 1.31. The van der Waals surface area contributed by atoms with Crippen LogP contribution in [-0.4, -0.2) is 13.1 Å². The highest BCUT2D eigenvalue weighted by Crippen LogP contribution is 2.31. The summed E-state index contributed by atoms with van der Waals surface area (Å²) in [5.74, 6) is 0. The van der Waals surface area contributed by atoms with Gasteiger partial charge in [0.05, 0.1) is 13.8 Å². The largest absolute Gasteiger partial charge is 0.256 e. The molecule has 0 saturated heterocycles. The molecule has 0 fully saturated rings. The third kappa shape index (κ3) is 3.34. The predicted octanol–water partition coefficient (Wildman–Crippen LogP) is 5.58. The van der Waals surface area contributed by atoms with E-state index >= 15 is 0 Å². The number of benzene rings is 2. The zero-order valence-electron chi connectivity index (χ0n) is 17.7. The van der Waals surface area contributed by atoms with Crippen molar-refractivity contribution < 1.29 is 4.11 Å². The number of hydrogen-bond acceptors (Lipinski definition) is 1. The summed E-state index contributed by atoms with van der Waals surface area (Å²) >= 11 is 0. The molecule has 0 saturated carbocycles. The van der Waals surface area contributed by atoms with Crippen LogP contribution in [0.2, 0.25) is 19.6 Å². The van der Waals surface area contributed by atoms with Crippen molar-refractivity contribution in [1.82, 2.24) is 4.98 Å². The van der Waals surface area contributed by atoms with Gasteiger partial charge in [-0.15, -0.1) is 0 Å². The molecule has 0 amide bonds. The van der Waals surface area contributed by atoms with Gasteiger partial charge in [-0.25, -0.2) is 0 Å². The number of pyridine rings is 1. The van der Waals surface area contributed by atoms with Crippen LogP contribution in [0.4, 0.5) is 0 Å². The third-order valence-electron chi connectivity index (χ3n) is 4.35. The van der Waals surface area contributed by atoms with E-state index in [-0.39, 0.29) is 0 Å². The van der Waals surface area contributed by atoms with Gasteiger partial charge >= 0.3 is 0 Å². The molecule has 0 aliphatic heterocycles. The molecular weight excluding hydrogens is 306 g/mol. The second-order valence-corrected chi connectivity index (χ2v) is 12.3. The molecule has 0 N–H and O–H groups in total. The molecule has 122 valence electrons. The Morgan fingerprint density at radius 3 is 2.21 bits per heavy atom. The highest BCUT2D eigenvalue weighted by molar-refractivity contribution is 6.88. The second kappa shape index (κ2) is 6.37. The monoisotopic (exact) mass is 334 g/mol. The van der Waals surface area contributed by atoms with Gasteiger partial charge in [0, 0.05) is 15.9 Å². The Morgan fingerprint density at radius 1 is 0.875 bits per heavy atom. The molecule has 24 heavy (non-hydrogen) atoms. The molecule has 0 aliphatic rings. The molecule has 0 bridgehead atoms. The molecule has 3 aromatic rings. The van der Waals surface area contributed by atoms with Crippen LogP contribution in [0.15, 0.2) is 60.8 Å². The first-order valence-corrected chi connectivity index (χ1v) is 11.7. The van der Waals surface area contributed by atoms with Crippen molar-refractivity contribution in [3.8, 4) is 22.4 Å². The van der Waals surface area contributed by atoms with Crippen LogP contribution in [0.3, 0.4) is 0 Å². The number of nitrogens with zero attached hydrogens (tertiary/aromatic N) is 1. The van der Waals surface area contributed by atoms with Crippen LogP contribution in [0, 0.1) is 13.8 Å². The maximum Gasteiger partial charge on any atom is 0.0796 e. The topological polar surface area (TPSA) is 12.9 Å². The maximum atomic E-state index is 7.95. The van der Waals surface area contributed by atoms with E-state index in [4.69, 9.17) is 9.10 Å². The first-order valence-electron chi connectivity index (χ1n) is 9.75. The summed E-state index contributed by atoms with van der Waals surface area (Å²) < 4.78 is 23.9. The van der Waals surface area contributed by atoms with Gasteiger partial charge in [0.1, 0.15) is 0 Å². The minimum Gasteiger partial charge on any atom is -0.256 e. The minimum atomic E-state index is -2.16. The maximum absolute atomic E-state index is 7.95. The van der Waals surface area contributed by atoms with Gasteiger partial charge in [0.15, 0.2) is 0 Å². The summed E-state index contributed by atoms with van der Waals surface area (Å²) in [6.07, 6.45) is 1.97. The van der Waals surface area contributed by atoms with Gasteiger partial charge < -0.3 is 0 Å². The van der Waals surface area contributed by atoms with Gasteiger partial charge in [0.2, 0.25) is 0 Å². The average Bonchev–Trinajstić information content (AvgIpc) is 2.61. The van der Waals surface area contributed by atoms with E-state index in [1.54, 1.807) is 6.07 Å². The van der Waals surface area contributed by atoms with Crippen LogP contribution in [0.1, 0.15) is 15.2 Å². The Morgan fingerprint density at radius 2 is 1.62 bits per heavy atom. The lowest BCUT2D eigenvalue weighted by Gasteiger charge is -2.17. The van der Waals surface area contributed by atoms with Gasteiger partial charge in [-0.1, -0.05) is 62.1 Å². The summed E-state index contributed by atoms with van der Waals surface area (Å²) in [5.41, 5.74) is 4.81. The van der Waals surface area contributed by atoms with E-state index in [9.17, 15) is 0 Å². The molecule has 2 aromatic carbocycles. The first-order chi connectivity index (χ1) is 12.6. The van der Waals surface area contributed by atoms with Crippen molar-refractivity contribution in [3.63, 3.8) is 0 Å². The SMILES string of the molecule is [2H]C([2H])([2H])c1cc(C)c(-c2ccc([Si](C)(C)C)cn2)cc1-c1ccccc1.